The van der Waals surface area contributed by atoms with Gasteiger partial charge in [0.15, 0.2) is 0 Å². The number of hydrogen-bond donors (Lipinski definition) is 1. The molecule has 112 valence electrons. The van der Waals surface area contributed by atoms with Crippen molar-refractivity contribution in [2.24, 2.45) is 5.73 Å². The number of hydrogen-bond acceptors (Lipinski definition) is 3. The first kappa shape index (κ1) is 15.3. The molecule has 1 aromatic rings. The Bertz CT molecular complexity index is 388. The molecule has 0 spiro atoms. The fourth-order valence-corrected chi connectivity index (χ4v) is 2.95. The summed E-state index contributed by atoms with van der Waals surface area (Å²) in [6.07, 6.45) is 7.79. The van der Waals surface area contributed by atoms with Crippen LogP contribution in [0.15, 0.2) is 24.3 Å². The van der Waals surface area contributed by atoms with Gasteiger partial charge in [-0.25, -0.2) is 0 Å². The summed E-state index contributed by atoms with van der Waals surface area (Å²) in [6.45, 7) is 2.40. The van der Waals surface area contributed by atoms with E-state index in [0.717, 1.165) is 24.8 Å². The van der Waals surface area contributed by atoms with Gasteiger partial charge in [0.1, 0.15) is 5.75 Å². The van der Waals surface area contributed by atoms with Crippen LogP contribution in [0, 0.1) is 0 Å². The van der Waals surface area contributed by atoms with Crippen molar-refractivity contribution in [3.8, 4) is 5.75 Å². The number of nitrogens with zero attached hydrogens (tertiary/aromatic N) is 1. The SMILES string of the molecule is CN(Cc1cccc(OCCCN)c1)C1CCCCC1. The first-order valence-electron chi connectivity index (χ1n) is 7.91. The highest BCUT2D eigenvalue weighted by molar-refractivity contribution is 5.28. The zero-order valence-electron chi connectivity index (χ0n) is 12.7. The molecule has 1 aliphatic rings. The standard InChI is InChI=1S/C17H28N2O/c1-19(16-8-3-2-4-9-16)14-15-7-5-10-17(13-15)20-12-6-11-18/h5,7,10,13,16H,2-4,6,8-9,11-12,14,18H2,1H3. The Morgan fingerprint density at radius 1 is 1.25 bits per heavy atom. The Hall–Kier alpha value is -1.06. The molecule has 1 aromatic carbocycles. The second-order valence-corrected chi connectivity index (χ2v) is 5.85. The van der Waals surface area contributed by atoms with Gasteiger partial charge < -0.3 is 10.5 Å². The van der Waals surface area contributed by atoms with Crippen LogP contribution in [0.5, 0.6) is 5.75 Å². The summed E-state index contributed by atoms with van der Waals surface area (Å²) < 4.78 is 5.72. The van der Waals surface area contributed by atoms with Gasteiger partial charge in [-0.15, -0.1) is 0 Å². The van der Waals surface area contributed by atoms with Crippen molar-refractivity contribution in [1.82, 2.24) is 4.90 Å². The maximum atomic E-state index is 5.72. The van der Waals surface area contributed by atoms with Gasteiger partial charge in [-0.1, -0.05) is 31.4 Å². The lowest BCUT2D eigenvalue weighted by Crippen LogP contribution is -2.32. The minimum Gasteiger partial charge on any atom is -0.494 e. The Morgan fingerprint density at radius 3 is 2.80 bits per heavy atom. The van der Waals surface area contributed by atoms with Crippen LogP contribution in [0.2, 0.25) is 0 Å². The van der Waals surface area contributed by atoms with Crippen molar-refractivity contribution in [3.05, 3.63) is 29.8 Å². The van der Waals surface area contributed by atoms with Gasteiger partial charge in [0.05, 0.1) is 6.61 Å². The molecule has 0 radical (unpaired) electrons. The Morgan fingerprint density at radius 2 is 2.05 bits per heavy atom. The molecule has 1 aliphatic carbocycles. The quantitative estimate of drug-likeness (QED) is 0.777. The van der Waals surface area contributed by atoms with Crippen molar-refractivity contribution in [3.63, 3.8) is 0 Å². The fourth-order valence-electron chi connectivity index (χ4n) is 2.95. The first-order valence-corrected chi connectivity index (χ1v) is 7.91. The molecule has 0 aromatic heterocycles. The van der Waals surface area contributed by atoms with E-state index in [-0.39, 0.29) is 0 Å². The topological polar surface area (TPSA) is 38.5 Å². The second-order valence-electron chi connectivity index (χ2n) is 5.85. The van der Waals surface area contributed by atoms with Crippen LogP contribution < -0.4 is 10.5 Å². The van der Waals surface area contributed by atoms with Crippen molar-refractivity contribution in [1.29, 1.82) is 0 Å². The molecule has 20 heavy (non-hydrogen) atoms. The van der Waals surface area contributed by atoms with Crippen molar-refractivity contribution in [2.45, 2.75) is 51.1 Å². The molecule has 0 amide bonds. The minimum absolute atomic E-state index is 0.685. The van der Waals surface area contributed by atoms with Gasteiger partial charge in [-0.2, -0.15) is 0 Å². The van der Waals surface area contributed by atoms with E-state index in [1.165, 1.54) is 37.7 Å². The van der Waals surface area contributed by atoms with Crippen molar-refractivity contribution >= 4 is 0 Å². The Kier molecular flexibility index (Phi) is 6.34. The lowest BCUT2D eigenvalue weighted by atomic mass is 9.94. The minimum atomic E-state index is 0.685. The highest BCUT2D eigenvalue weighted by atomic mass is 16.5. The summed E-state index contributed by atoms with van der Waals surface area (Å²) in [6, 6.07) is 9.22. The number of ether oxygens (including phenoxy) is 1. The molecule has 0 saturated heterocycles. The van der Waals surface area contributed by atoms with Crippen LogP contribution in [0.1, 0.15) is 44.1 Å². The molecule has 0 heterocycles. The van der Waals surface area contributed by atoms with Gasteiger partial charge >= 0.3 is 0 Å². The van der Waals surface area contributed by atoms with E-state index < -0.39 is 0 Å². The van der Waals surface area contributed by atoms with E-state index in [1.54, 1.807) is 0 Å². The van der Waals surface area contributed by atoms with E-state index >= 15 is 0 Å². The predicted octanol–water partition coefficient (Wildman–Crippen LogP) is 3.18. The maximum absolute atomic E-state index is 5.72. The maximum Gasteiger partial charge on any atom is 0.119 e. The third-order valence-corrected chi connectivity index (χ3v) is 4.15. The molecule has 0 atom stereocenters. The predicted molar refractivity (Wildman–Crippen MR) is 83.9 cm³/mol. The van der Waals surface area contributed by atoms with Crippen LogP contribution in [-0.4, -0.2) is 31.1 Å². The van der Waals surface area contributed by atoms with Crippen LogP contribution >= 0.6 is 0 Å². The zero-order valence-corrected chi connectivity index (χ0v) is 12.7. The monoisotopic (exact) mass is 276 g/mol. The molecule has 0 unspecified atom stereocenters. The van der Waals surface area contributed by atoms with Crippen molar-refractivity contribution < 1.29 is 4.74 Å². The van der Waals surface area contributed by atoms with Crippen LogP contribution in [0.4, 0.5) is 0 Å². The smallest absolute Gasteiger partial charge is 0.119 e. The molecule has 0 bridgehead atoms. The van der Waals surface area contributed by atoms with Crippen LogP contribution in [0.25, 0.3) is 0 Å². The summed E-state index contributed by atoms with van der Waals surface area (Å²) in [4.78, 5) is 2.50. The number of nitrogens with two attached hydrogens (primary N) is 1. The van der Waals surface area contributed by atoms with E-state index in [1.807, 2.05) is 6.07 Å². The van der Waals surface area contributed by atoms with E-state index in [4.69, 9.17) is 10.5 Å². The first-order chi connectivity index (χ1) is 9.79. The molecule has 2 N–H and O–H groups in total. The van der Waals surface area contributed by atoms with Gasteiger partial charge in [0.25, 0.3) is 0 Å². The second kappa shape index (κ2) is 8.28. The van der Waals surface area contributed by atoms with Gasteiger partial charge in [0, 0.05) is 12.6 Å². The molecule has 1 fully saturated rings. The lowest BCUT2D eigenvalue weighted by Gasteiger charge is -2.31. The van der Waals surface area contributed by atoms with E-state index in [0.29, 0.717) is 13.2 Å². The van der Waals surface area contributed by atoms with E-state index in [9.17, 15) is 0 Å². The summed E-state index contributed by atoms with van der Waals surface area (Å²) in [5.41, 5.74) is 6.82. The van der Waals surface area contributed by atoms with Gasteiger partial charge in [-0.05, 0) is 50.6 Å². The summed E-state index contributed by atoms with van der Waals surface area (Å²) >= 11 is 0. The molecule has 2 rings (SSSR count). The zero-order chi connectivity index (χ0) is 14.2. The van der Waals surface area contributed by atoms with Crippen LogP contribution in [0.3, 0.4) is 0 Å². The average molecular weight is 276 g/mol. The Balaban J connectivity index is 1.86. The van der Waals surface area contributed by atoms with Gasteiger partial charge in [0.2, 0.25) is 0 Å². The highest BCUT2D eigenvalue weighted by Crippen LogP contribution is 2.23. The Labute approximate surface area is 123 Å². The average Bonchev–Trinajstić information content (AvgIpc) is 2.49. The molecule has 1 saturated carbocycles. The van der Waals surface area contributed by atoms with Crippen LogP contribution in [-0.2, 0) is 6.54 Å². The summed E-state index contributed by atoms with van der Waals surface area (Å²) in [5.74, 6) is 0.966. The normalized spacial score (nSPS) is 16.6. The third kappa shape index (κ3) is 4.80. The van der Waals surface area contributed by atoms with E-state index in [2.05, 4.69) is 30.1 Å². The molecule has 3 nitrogen and oxygen atoms in total. The largest absolute Gasteiger partial charge is 0.494 e. The van der Waals surface area contributed by atoms with Crippen molar-refractivity contribution in [2.75, 3.05) is 20.2 Å². The molecule has 0 aliphatic heterocycles. The summed E-state index contributed by atoms with van der Waals surface area (Å²) in [5, 5.41) is 0. The number of benzene rings is 1. The fraction of sp³-hybridized carbons (Fsp3) is 0.647. The molecular formula is C17H28N2O. The number of rotatable bonds is 7. The highest BCUT2D eigenvalue weighted by Gasteiger charge is 2.17. The molecular weight excluding hydrogens is 248 g/mol. The lowest BCUT2D eigenvalue weighted by molar-refractivity contribution is 0.184. The molecule has 3 heteroatoms. The van der Waals surface area contributed by atoms with Gasteiger partial charge in [-0.3, -0.25) is 4.90 Å². The third-order valence-electron chi connectivity index (χ3n) is 4.15. The summed E-state index contributed by atoms with van der Waals surface area (Å²) in [7, 11) is 2.25.